The van der Waals surface area contributed by atoms with Gasteiger partial charge in [-0.25, -0.2) is 0 Å². The molecular weight excluding hydrogens is 398 g/mol. The summed E-state index contributed by atoms with van der Waals surface area (Å²) in [5, 5.41) is 19.8. The van der Waals surface area contributed by atoms with Crippen molar-refractivity contribution in [2.75, 3.05) is 13.2 Å². The number of aromatic hydroxyl groups is 1. The lowest BCUT2D eigenvalue weighted by atomic mass is 10.1. The summed E-state index contributed by atoms with van der Waals surface area (Å²) in [6, 6.07) is 7.82. The topological polar surface area (TPSA) is 112 Å². The van der Waals surface area contributed by atoms with Crippen LogP contribution in [0, 0.1) is 10.1 Å². The molecule has 8 nitrogen and oxygen atoms in total. The molecule has 2 aromatic carbocycles. The molecule has 0 aliphatic rings. The van der Waals surface area contributed by atoms with Gasteiger partial charge in [-0.2, -0.15) is 0 Å². The van der Waals surface area contributed by atoms with E-state index in [9.17, 15) is 20.0 Å². The van der Waals surface area contributed by atoms with Crippen molar-refractivity contribution >= 4 is 37.9 Å². The van der Waals surface area contributed by atoms with Gasteiger partial charge >= 0.3 is 0 Å². The van der Waals surface area contributed by atoms with Crippen molar-refractivity contribution in [3.63, 3.8) is 0 Å². The molecular formula is C16H12BrNO7. The molecule has 1 heterocycles. The number of halogens is 1. The summed E-state index contributed by atoms with van der Waals surface area (Å²) in [6.07, 6.45) is 0.287. The molecule has 0 saturated heterocycles. The first kappa shape index (κ1) is 17.0. The number of fused-ring (bicyclic) bond motifs is 2. The highest BCUT2D eigenvalue weighted by Crippen LogP contribution is 2.31. The smallest absolute Gasteiger partial charge is 0.294 e. The van der Waals surface area contributed by atoms with Crippen molar-refractivity contribution in [1.29, 1.82) is 0 Å². The van der Waals surface area contributed by atoms with Crippen LogP contribution in [-0.2, 0) is 4.84 Å². The molecule has 25 heavy (non-hydrogen) atoms. The first-order chi connectivity index (χ1) is 12.0. The van der Waals surface area contributed by atoms with Crippen LogP contribution >= 0.6 is 15.9 Å². The number of hydrogen-bond donors (Lipinski definition) is 1. The van der Waals surface area contributed by atoms with Gasteiger partial charge < -0.3 is 19.1 Å². The summed E-state index contributed by atoms with van der Waals surface area (Å²) in [7, 11) is 0. The second-order valence-electron chi connectivity index (χ2n) is 5.15. The second kappa shape index (κ2) is 6.98. The van der Waals surface area contributed by atoms with E-state index >= 15 is 0 Å². The minimum absolute atomic E-state index is 0.0645. The van der Waals surface area contributed by atoms with Crippen LogP contribution in [0.2, 0.25) is 0 Å². The average Bonchev–Trinajstić information content (AvgIpc) is 2.54. The number of phenolic OH excluding ortho intramolecular Hbond substituents is 1. The Morgan fingerprint density at radius 3 is 2.76 bits per heavy atom. The molecule has 0 atom stereocenters. The monoisotopic (exact) mass is 409 g/mol. The first-order valence-electron chi connectivity index (χ1n) is 7.25. The first-order valence-corrected chi connectivity index (χ1v) is 8.04. The maximum atomic E-state index is 12.6. The van der Waals surface area contributed by atoms with Crippen molar-refractivity contribution in [2.45, 2.75) is 6.42 Å². The van der Waals surface area contributed by atoms with Gasteiger partial charge in [0.2, 0.25) is 5.43 Å². The minimum Gasteiger partial charge on any atom is -0.507 e. The Morgan fingerprint density at radius 2 is 2.00 bits per heavy atom. The van der Waals surface area contributed by atoms with Crippen molar-refractivity contribution < 1.29 is 24.2 Å². The van der Waals surface area contributed by atoms with E-state index in [-0.39, 0.29) is 47.5 Å². The predicted octanol–water partition coefficient (Wildman–Crippen LogP) is 3.39. The van der Waals surface area contributed by atoms with Crippen LogP contribution in [0.15, 0.2) is 44.0 Å². The van der Waals surface area contributed by atoms with Gasteiger partial charge in [-0.15, -0.1) is 10.1 Å². The zero-order valence-electron chi connectivity index (χ0n) is 12.7. The van der Waals surface area contributed by atoms with E-state index in [2.05, 4.69) is 20.8 Å². The normalized spacial score (nSPS) is 10.9. The van der Waals surface area contributed by atoms with Gasteiger partial charge in [-0.05, 0) is 18.2 Å². The Kier molecular flexibility index (Phi) is 4.75. The number of ether oxygens (including phenoxy) is 1. The highest BCUT2D eigenvalue weighted by atomic mass is 79.9. The molecule has 0 radical (unpaired) electrons. The average molecular weight is 410 g/mol. The zero-order chi connectivity index (χ0) is 18.0. The number of nitrogens with zero attached hydrogens (tertiary/aromatic N) is 1. The van der Waals surface area contributed by atoms with Crippen LogP contribution < -0.4 is 10.2 Å². The number of rotatable bonds is 6. The van der Waals surface area contributed by atoms with Gasteiger partial charge in [0.15, 0.2) is 0 Å². The van der Waals surface area contributed by atoms with Crippen molar-refractivity contribution in [1.82, 2.24) is 0 Å². The summed E-state index contributed by atoms with van der Waals surface area (Å²) < 4.78 is 11.8. The largest absolute Gasteiger partial charge is 0.507 e. The molecule has 0 bridgehead atoms. The van der Waals surface area contributed by atoms with Gasteiger partial charge in [-0.3, -0.25) is 4.79 Å². The maximum Gasteiger partial charge on any atom is 0.294 e. The van der Waals surface area contributed by atoms with Crippen molar-refractivity contribution in [3.8, 4) is 11.5 Å². The lowest BCUT2D eigenvalue weighted by Gasteiger charge is -2.09. The van der Waals surface area contributed by atoms with Crippen LogP contribution in [-0.4, -0.2) is 23.4 Å². The molecule has 3 aromatic rings. The third-order valence-corrected chi connectivity index (χ3v) is 3.94. The zero-order valence-corrected chi connectivity index (χ0v) is 14.3. The van der Waals surface area contributed by atoms with Gasteiger partial charge in [0.1, 0.15) is 28.1 Å². The quantitative estimate of drug-likeness (QED) is 0.287. The van der Waals surface area contributed by atoms with Crippen molar-refractivity contribution in [2.24, 2.45) is 0 Å². The fraction of sp³-hybridized carbons (Fsp3) is 0.188. The summed E-state index contributed by atoms with van der Waals surface area (Å²) in [5.74, 6) is 0.0235. The van der Waals surface area contributed by atoms with Crippen molar-refractivity contribution in [3.05, 3.63) is 55.1 Å². The molecule has 1 N–H and O–H groups in total. The summed E-state index contributed by atoms with van der Waals surface area (Å²) in [4.78, 5) is 26.8. The molecule has 1 aromatic heterocycles. The molecule has 9 heteroatoms. The van der Waals surface area contributed by atoms with Crippen LogP contribution in [0.25, 0.3) is 21.9 Å². The molecule has 3 rings (SSSR count). The second-order valence-corrected chi connectivity index (χ2v) is 6.06. The number of benzene rings is 2. The molecule has 0 spiro atoms. The fourth-order valence-electron chi connectivity index (χ4n) is 2.38. The van der Waals surface area contributed by atoms with Gasteiger partial charge in [0.25, 0.3) is 5.09 Å². The lowest BCUT2D eigenvalue weighted by Crippen LogP contribution is -2.07. The highest BCUT2D eigenvalue weighted by Gasteiger charge is 2.14. The van der Waals surface area contributed by atoms with Crippen LogP contribution in [0.3, 0.4) is 0 Å². The predicted molar refractivity (Wildman–Crippen MR) is 92.4 cm³/mol. The molecule has 0 aliphatic carbocycles. The SMILES string of the molecule is O=c1c2cc(Br)ccc2oc2cc(OCCCO[N+](=O)[O-])cc(O)c12. The Labute approximate surface area is 148 Å². The van der Waals surface area contributed by atoms with E-state index < -0.39 is 5.09 Å². The van der Waals surface area contributed by atoms with E-state index in [0.29, 0.717) is 11.0 Å². The molecule has 0 saturated carbocycles. The van der Waals surface area contributed by atoms with E-state index in [1.54, 1.807) is 18.2 Å². The summed E-state index contributed by atoms with van der Waals surface area (Å²) in [6.45, 7) is 0.0463. The molecule has 130 valence electrons. The lowest BCUT2D eigenvalue weighted by molar-refractivity contribution is -0.757. The fourth-order valence-corrected chi connectivity index (χ4v) is 2.74. The van der Waals surface area contributed by atoms with E-state index in [1.165, 1.54) is 12.1 Å². The summed E-state index contributed by atoms with van der Waals surface area (Å²) in [5.41, 5.74) is 0.231. The molecule has 0 amide bonds. The minimum atomic E-state index is -0.875. The van der Waals surface area contributed by atoms with Crippen LogP contribution in [0.4, 0.5) is 0 Å². The highest BCUT2D eigenvalue weighted by molar-refractivity contribution is 9.10. The Bertz CT molecular complexity index is 1010. The van der Waals surface area contributed by atoms with Gasteiger partial charge in [-0.1, -0.05) is 15.9 Å². The van der Waals surface area contributed by atoms with Crippen LogP contribution in [0.5, 0.6) is 11.5 Å². The Hall–Kier alpha value is -2.81. The van der Waals surface area contributed by atoms with Gasteiger partial charge in [0, 0.05) is 23.0 Å². The molecule has 0 fully saturated rings. The van der Waals surface area contributed by atoms with E-state index in [4.69, 9.17) is 9.15 Å². The molecule has 0 unspecified atom stereocenters. The van der Waals surface area contributed by atoms with E-state index in [1.807, 2.05) is 0 Å². The van der Waals surface area contributed by atoms with Gasteiger partial charge in [0.05, 0.1) is 18.6 Å². The Balaban J connectivity index is 1.91. The standard InChI is InChI=1S/C16H12BrNO7/c17-9-2-3-13-11(6-9)16(20)15-12(19)7-10(8-14(15)25-13)23-4-1-5-24-18(21)22/h2-3,6-8,19H,1,4-5H2. The third kappa shape index (κ3) is 3.66. The molecule has 0 aliphatic heterocycles. The summed E-state index contributed by atoms with van der Waals surface area (Å²) >= 11 is 3.30. The van der Waals surface area contributed by atoms with E-state index in [0.717, 1.165) is 4.47 Å². The third-order valence-electron chi connectivity index (χ3n) is 3.44. The maximum absolute atomic E-state index is 12.6. The number of hydrogen-bond acceptors (Lipinski definition) is 7. The number of phenols is 1. The van der Waals surface area contributed by atoms with Crippen LogP contribution in [0.1, 0.15) is 6.42 Å². The Morgan fingerprint density at radius 1 is 1.20 bits per heavy atom.